The van der Waals surface area contributed by atoms with E-state index < -0.39 is 0 Å². The number of nitrogens with zero attached hydrogens (tertiary/aromatic N) is 3. The summed E-state index contributed by atoms with van der Waals surface area (Å²) in [5.41, 5.74) is 1.06. The first kappa shape index (κ1) is 13.4. The zero-order valence-corrected chi connectivity index (χ0v) is 11.3. The molecule has 0 bridgehead atoms. The predicted octanol–water partition coefficient (Wildman–Crippen LogP) is 1.69. The van der Waals surface area contributed by atoms with Crippen molar-refractivity contribution < 1.29 is 0 Å². The molecule has 1 saturated heterocycles. The van der Waals surface area contributed by atoms with Gasteiger partial charge in [-0.15, -0.1) is 0 Å². The zero-order valence-electron chi connectivity index (χ0n) is 11.3. The number of hydrogen-bond donors (Lipinski definition) is 1. The van der Waals surface area contributed by atoms with Gasteiger partial charge in [-0.05, 0) is 44.5 Å². The molecule has 0 spiro atoms. The van der Waals surface area contributed by atoms with Gasteiger partial charge in [0.15, 0.2) is 0 Å². The lowest BCUT2D eigenvalue weighted by molar-refractivity contribution is 0.199. The van der Waals surface area contributed by atoms with Gasteiger partial charge in [-0.2, -0.15) is 0 Å². The first-order valence-electron chi connectivity index (χ1n) is 7.02. The third-order valence-electron chi connectivity index (χ3n) is 3.46. The smallest absolute Gasteiger partial charge is 0.115 e. The zero-order chi connectivity index (χ0) is 12.6. The van der Waals surface area contributed by atoms with Crippen LogP contribution < -0.4 is 5.32 Å². The fourth-order valence-electron chi connectivity index (χ4n) is 2.52. The van der Waals surface area contributed by atoms with E-state index >= 15 is 0 Å². The van der Waals surface area contributed by atoms with Gasteiger partial charge in [0.1, 0.15) is 6.33 Å². The van der Waals surface area contributed by atoms with Crippen LogP contribution in [0, 0.1) is 5.92 Å². The minimum Gasteiger partial charge on any atom is -0.311 e. The molecular formula is C14H24N4. The Morgan fingerprint density at radius 1 is 1.33 bits per heavy atom. The topological polar surface area (TPSA) is 41.1 Å². The van der Waals surface area contributed by atoms with Crippen molar-refractivity contribution in [3.63, 3.8) is 0 Å². The van der Waals surface area contributed by atoms with Crippen LogP contribution in [0.15, 0.2) is 18.6 Å². The van der Waals surface area contributed by atoms with E-state index in [4.69, 9.17) is 0 Å². The van der Waals surface area contributed by atoms with Crippen LogP contribution in [0.4, 0.5) is 0 Å². The van der Waals surface area contributed by atoms with Gasteiger partial charge in [0.25, 0.3) is 0 Å². The molecule has 0 amide bonds. The van der Waals surface area contributed by atoms with Gasteiger partial charge in [-0.3, -0.25) is 0 Å². The van der Waals surface area contributed by atoms with E-state index in [-0.39, 0.29) is 0 Å². The number of hydrogen-bond acceptors (Lipinski definition) is 4. The van der Waals surface area contributed by atoms with Crippen molar-refractivity contribution in [3.8, 4) is 0 Å². The quantitative estimate of drug-likeness (QED) is 0.832. The van der Waals surface area contributed by atoms with Gasteiger partial charge in [-0.25, -0.2) is 9.97 Å². The summed E-state index contributed by atoms with van der Waals surface area (Å²) in [6.45, 7) is 8.01. The Morgan fingerprint density at radius 2 is 2.17 bits per heavy atom. The molecule has 1 atom stereocenters. The molecule has 1 unspecified atom stereocenters. The van der Waals surface area contributed by atoms with E-state index in [1.54, 1.807) is 12.5 Å². The molecule has 1 aliphatic rings. The summed E-state index contributed by atoms with van der Waals surface area (Å²) >= 11 is 0. The summed E-state index contributed by atoms with van der Waals surface area (Å²) in [7, 11) is 0. The summed E-state index contributed by atoms with van der Waals surface area (Å²) in [6, 6.07) is 1.96. The average Bonchev–Trinajstić information content (AvgIpc) is 2.41. The molecule has 0 aromatic carbocycles. The molecule has 0 saturated carbocycles. The number of nitrogens with one attached hydrogen (secondary N) is 1. The molecular weight excluding hydrogens is 224 g/mol. The van der Waals surface area contributed by atoms with Crippen LogP contribution in [-0.2, 0) is 6.54 Å². The second kappa shape index (κ2) is 7.44. The van der Waals surface area contributed by atoms with Gasteiger partial charge >= 0.3 is 0 Å². The highest BCUT2D eigenvalue weighted by Crippen LogP contribution is 2.10. The van der Waals surface area contributed by atoms with Gasteiger partial charge < -0.3 is 10.2 Å². The molecule has 1 aromatic heterocycles. The van der Waals surface area contributed by atoms with E-state index in [9.17, 15) is 0 Å². The summed E-state index contributed by atoms with van der Waals surface area (Å²) in [5.74, 6) is 0.699. The van der Waals surface area contributed by atoms with E-state index in [1.807, 2.05) is 6.07 Å². The number of rotatable bonds is 6. The van der Waals surface area contributed by atoms with E-state index in [0.717, 1.165) is 18.8 Å². The molecule has 4 heteroatoms. The Kier molecular flexibility index (Phi) is 5.55. The van der Waals surface area contributed by atoms with Crippen molar-refractivity contribution in [1.82, 2.24) is 20.2 Å². The molecule has 2 rings (SSSR count). The Labute approximate surface area is 110 Å². The molecule has 1 aliphatic heterocycles. The highest BCUT2D eigenvalue weighted by atomic mass is 15.1. The van der Waals surface area contributed by atoms with Crippen LogP contribution in [0.25, 0.3) is 0 Å². The summed E-state index contributed by atoms with van der Waals surface area (Å²) < 4.78 is 0. The van der Waals surface area contributed by atoms with Crippen LogP contribution in [0.3, 0.4) is 0 Å². The SMILES string of the molecule is CC(CNCc1ccncn1)CN1CCCCC1. The lowest BCUT2D eigenvalue weighted by Gasteiger charge is -2.29. The summed E-state index contributed by atoms with van der Waals surface area (Å²) in [4.78, 5) is 10.7. The lowest BCUT2D eigenvalue weighted by atomic mass is 10.1. The van der Waals surface area contributed by atoms with Gasteiger partial charge in [0, 0.05) is 19.3 Å². The second-order valence-corrected chi connectivity index (χ2v) is 5.30. The van der Waals surface area contributed by atoms with Gasteiger partial charge in [0.2, 0.25) is 0 Å². The average molecular weight is 248 g/mol. The van der Waals surface area contributed by atoms with Crippen molar-refractivity contribution in [2.75, 3.05) is 26.2 Å². The maximum atomic E-state index is 4.21. The molecule has 1 aromatic rings. The van der Waals surface area contributed by atoms with Crippen molar-refractivity contribution in [2.45, 2.75) is 32.7 Å². The van der Waals surface area contributed by atoms with Crippen molar-refractivity contribution >= 4 is 0 Å². The Bertz CT molecular complexity index is 322. The maximum Gasteiger partial charge on any atom is 0.115 e. The summed E-state index contributed by atoms with van der Waals surface area (Å²) in [5, 5.41) is 3.47. The number of aromatic nitrogens is 2. The lowest BCUT2D eigenvalue weighted by Crippen LogP contribution is -2.36. The third-order valence-corrected chi connectivity index (χ3v) is 3.46. The monoisotopic (exact) mass is 248 g/mol. The minimum atomic E-state index is 0.699. The Hall–Kier alpha value is -1.00. The van der Waals surface area contributed by atoms with Crippen LogP contribution in [0.2, 0.25) is 0 Å². The molecule has 0 aliphatic carbocycles. The third kappa shape index (κ3) is 4.70. The highest BCUT2D eigenvalue weighted by Gasteiger charge is 2.12. The fraction of sp³-hybridized carbons (Fsp3) is 0.714. The van der Waals surface area contributed by atoms with Crippen LogP contribution >= 0.6 is 0 Å². The van der Waals surface area contributed by atoms with Crippen LogP contribution in [0.1, 0.15) is 31.9 Å². The molecule has 18 heavy (non-hydrogen) atoms. The molecule has 0 radical (unpaired) electrons. The largest absolute Gasteiger partial charge is 0.311 e. The first-order valence-corrected chi connectivity index (χ1v) is 7.02. The van der Waals surface area contributed by atoms with Gasteiger partial charge in [-0.1, -0.05) is 13.3 Å². The Morgan fingerprint density at radius 3 is 2.89 bits per heavy atom. The molecule has 1 fully saturated rings. The van der Waals surface area contributed by atoms with Crippen LogP contribution in [0.5, 0.6) is 0 Å². The minimum absolute atomic E-state index is 0.699. The van der Waals surface area contributed by atoms with Crippen molar-refractivity contribution in [2.24, 2.45) is 5.92 Å². The van der Waals surface area contributed by atoms with Crippen LogP contribution in [-0.4, -0.2) is 41.0 Å². The van der Waals surface area contributed by atoms with Crippen molar-refractivity contribution in [3.05, 3.63) is 24.3 Å². The second-order valence-electron chi connectivity index (χ2n) is 5.30. The molecule has 4 nitrogen and oxygen atoms in total. The molecule has 2 heterocycles. The van der Waals surface area contributed by atoms with E-state index in [0.29, 0.717) is 5.92 Å². The molecule has 100 valence electrons. The highest BCUT2D eigenvalue weighted by molar-refractivity contribution is 4.96. The number of likely N-dealkylation sites (tertiary alicyclic amines) is 1. The maximum absolute atomic E-state index is 4.21. The number of piperidine rings is 1. The predicted molar refractivity (Wildman–Crippen MR) is 73.2 cm³/mol. The molecule has 1 N–H and O–H groups in total. The fourth-order valence-corrected chi connectivity index (χ4v) is 2.52. The standard InChI is InChI=1S/C14H24N4/c1-13(11-18-7-3-2-4-8-18)9-16-10-14-5-6-15-12-17-14/h5-6,12-13,16H,2-4,7-11H2,1H3. The Balaban J connectivity index is 1.61. The van der Waals surface area contributed by atoms with E-state index in [2.05, 4.69) is 27.1 Å². The van der Waals surface area contributed by atoms with E-state index in [1.165, 1.54) is 38.9 Å². The van der Waals surface area contributed by atoms with Crippen molar-refractivity contribution in [1.29, 1.82) is 0 Å². The normalized spacial score (nSPS) is 18.7. The van der Waals surface area contributed by atoms with Gasteiger partial charge in [0.05, 0.1) is 5.69 Å². The first-order chi connectivity index (χ1) is 8.84. The summed E-state index contributed by atoms with van der Waals surface area (Å²) in [6.07, 6.45) is 7.56.